The van der Waals surface area contributed by atoms with Crippen molar-refractivity contribution in [2.24, 2.45) is 0 Å². The van der Waals surface area contributed by atoms with Crippen LogP contribution in [-0.2, 0) is 6.42 Å². The molecule has 122 valence electrons. The number of hydrogen-bond acceptors (Lipinski definition) is 5. The summed E-state index contributed by atoms with van der Waals surface area (Å²) in [4.78, 5) is 16.9. The summed E-state index contributed by atoms with van der Waals surface area (Å²) in [6.45, 7) is 0. The van der Waals surface area contributed by atoms with Crippen LogP contribution >= 0.6 is 0 Å². The minimum Gasteiger partial charge on any atom is -0.497 e. The van der Waals surface area contributed by atoms with Gasteiger partial charge in [-0.2, -0.15) is 0 Å². The molecule has 0 aliphatic rings. The maximum Gasteiger partial charge on any atom is 0.274 e. The minimum absolute atomic E-state index is 0.237. The van der Waals surface area contributed by atoms with E-state index in [1.807, 2.05) is 61.6 Å². The summed E-state index contributed by atoms with van der Waals surface area (Å²) in [6.07, 6.45) is 0.418. The van der Waals surface area contributed by atoms with E-state index in [1.165, 1.54) is 0 Å². The van der Waals surface area contributed by atoms with Gasteiger partial charge in [-0.25, -0.2) is 0 Å². The second-order valence-electron chi connectivity index (χ2n) is 5.34. The fourth-order valence-electron chi connectivity index (χ4n) is 2.33. The number of aromatic amines is 1. The number of rotatable bonds is 5. The third kappa shape index (κ3) is 3.43. The number of nitrogens with zero attached hydrogens (tertiary/aromatic N) is 3. The molecule has 24 heavy (non-hydrogen) atoms. The van der Waals surface area contributed by atoms with Crippen LogP contribution < -0.4 is 15.2 Å². The zero-order valence-electron chi connectivity index (χ0n) is 13.6. The molecule has 0 spiro atoms. The monoisotopic (exact) mass is 322 g/mol. The van der Waals surface area contributed by atoms with Crippen molar-refractivity contribution in [3.05, 3.63) is 76.2 Å². The Morgan fingerprint density at radius 2 is 1.75 bits per heavy atom. The van der Waals surface area contributed by atoms with Gasteiger partial charge < -0.3 is 9.64 Å². The Bertz CT molecular complexity index is 860. The van der Waals surface area contributed by atoms with E-state index in [9.17, 15) is 4.79 Å². The van der Waals surface area contributed by atoms with Crippen molar-refractivity contribution in [1.82, 2.24) is 15.2 Å². The molecule has 0 aliphatic heterocycles. The first kappa shape index (κ1) is 15.7. The summed E-state index contributed by atoms with van der Waals surface area (Å²) in [5.74, 6) is 1.18. The van der Waals surface area contributed by atoms with Crippen LogP contribution in [0.5, 0.6) is 5.75 Å². The summed E-state index contributed by atoms with van der Waals surface area (Å²) in [6, 6.07) is 17.2. The second-order valence-corrected chi connectivity index (χ2v) is 5.34. The average Bonchev–Trinajstić information content (AvgIpc) is 2.64. The van der Waals surface area contributed by atoms with Crippen molar-refractivity contribution in [1.29, 1.82) is 0 Å². The highest BCUT2D eigenvalue weighted by Gasteiger charge is 2.10. The molecule has 0 aliphatic carbocycles. The summed E-state index contributed by atoms with van der Waals surface area (Å²) < 4.78 is 5.13. The lowest BCUT2D eigenvalue weighted by atomic mass is 10.1. The third-order valence-electron chi connectivity index (χ3n) is 3.74. The van der Waals surface area contributed by atoms with Gasteiger partial charge in [0.2, 0.25) is 5.95 Å². The molecular weight excluding hydrogens is 304 g/mol. The number of para-hydroxylation sites is 1. The summed E-state index contributed by atoms with van der Waals surface area (Å²) >= 11 is 0. The topological polar surface area (TPSA) is 71.1 Å². The number of H-pyrrole nitrogens is 1. The fraction of sp³-hybridized carbons (Fsp3) is 0.167. The van der Waals surface area contributed by atoms with Crippen LogP contribution in [0.1, 0.15) is 11.3 Å². The number of benzene rings is 2. The van der Waals surface area contributed by atoms with Gasteiger partial charge in [-0.15, -0.1) is 10.2 Å². The molecule has 0 amide bonds. The molecule has 0 bridgehead atoms. The van der Waals surface area contributed by atoms with Crippen molar-refractivity contribution >= 4 is 11.6 Å². The molecule has 2 aromatic carbocycles. The standard InChI is InChI=1S/C18H18N4O2/c1-22(14-6-4-3-5-7-14)18-19-17(23)16(20-21-18)12-13-8-10-15(24-2)11-9-13/h3-11H,12H2,1-2H3,(H,19,21,23). The van der Waals surface area contributed by atoms with Crippen LogP contribution in [0.2, 0.25) is 0 Å². The maximum absolute atomic E-state index is 12.3. The molecule has 1 heterocycles. The van der Waals surface area contributed by atoms with Crippen LogP contribution in [0.25, 0.3) is 0 Å². The Kier molecular flexibility index (Phi) is 4.56. The number of hydrogen-bond donors (Lipinski definition) is 1. The van der Waals surface area contributed by atoms with Gasteiger partial charge in [0.25, 0.3) is 5.56 Å². The lowest BCUT2D eigenvalue weighted by Crippen LogP contribution is -2.23. The Morgan fingerprint density at radius 1 is 1.04 bits per heavy atom. The Hall–Kier alpha value is -3.15. The number of anilines is 2. The molecule has 0 fully saturated rings. The van der Waals surface area contributed by atoms with E-state index in [2.05, 4.69) is 15.2 Å². The van der Waals surface area contributed by atoms with Gasteiger partial charge in [0, 0.05) is 19.2 Å². The Labute approximate surface area is 139 Å². The smallest absolute Gasteiger partial charge is 0.274 e. The first-order valence-electron chi connectivity index (χ1n) is 7.55. The molecule has 0 atom stereocenters. The van der Waals surface area contributed by atoms with E-state index in [4.69, 9.17) is 4.74 Å². The van der Waals surface area contributed by atoms with Crippen LogP contribution in [0.3, 0.4) is 0 Å². The van der Waals surface area contributed by atoms with E-state index in [-0.39, 0.29) is 5.56 Å². The van der Waals surface area contributed by atoms with Gasteiger partial charge >= 0.3 is 0 Å². The zero-order chi connectivity index (χ0) is 16.9. The lowest BCUT2D eigenvalue weighted by Gasteiger charge is -2.16. The number of aromatic nitrogens is 3. The van der Waals surface area contributed by atoms with Crippen LogP contribution in [0.4, 0.5) is 11.6 Å². The van der Waals surface area contributed by atoms with Gasteiger partial charge in [-0.1, -0.05) is 30.3 Å². The molecule has 0 radical (unpaired) electrons. The highest BCUT2D eigenvalue weighted by Crippen LogP contribution is 2.18. The Morgan fingerprint density at radius 3 is 2.38 bits per heavy atom. The average molecular weight is 322 g/mol. The van der Waals surface area contributed by atoms with Crippen LogP contribution in [0.15, 0.2) is 59.4 Å². The van der Waals surface area contributed by atoms with E-state index in [0.29, 0.717) is 18.1 Å². The minimum atomic E-state index is -0.237. The van der Waals surface area contributed by atoms with E-state index < -0.39 is 0 Å². The molecular formula is C18H18N4O2. The normalized spacial score (nSPS) is 10.4. The van der Waals surface area contributed by atoms with Crippen molar-refractivity contribution < 1.29 is 4.74 Å². The second kappa shape index (κ2) is 6.95. The highest BCUT2D eigenvalue weighted by molar-refractivity contribution is 5.55. The first-order chi connectivity index (χ1) is 11.7. The summed E-state index contributed by atoms with van der Waals surface area (Å²) in [5, 5.41) is 8.24. The summed E-state index contributed by atoms with van der Waals surface area (Å²) in [7, 11) is 3.45. The summed E-state index contributed by atoms with van der Waals surface area (Å²) in [5.41, 5.74) is 2.04. The van der Waals surface area contributed by atoms with E-state index in [1.54, 1.807) is 12.0 Å². The van der Waals surface area contributed by atoms with Gasteiger partial charge in [-0.3, -0.25) is 9.78 Å². The Balaban J connectivity index is 1.80. The predicted molar refractivity (Wildman–Crippen MR) is 93.0 cm³/mol. The largest absolute Gasteiger partial charge is 0.497 e. The number of methoxy groups -OCH3 is 1. The highest BCUT2D eigenvalue weighted by atomic mass is 16.5. The van der Waals surface area contributed by atoms with Crippen LogP contribution in [-0.4, -0.2) is 29.3 Å². The van der Waals surface area contributed by atoms with E-state index >= 15 is 0 Å². The molecule has 0 saturated carbocycles. The molecule has 3 aromatic rings. The number of nitrogens with one attached hydrogen (secondary N) is 1. The predicted octanol–water partition coefficient (Wildman–Crippen LogP) is 2.53. The molecule has 0 saturated heterocycles. The number of ether oxygens (including phenoxy) is 1. The van der Waals surface area contributed by atoms with Crippen molar-refractivity contribution in [2.75, 3.05) is 19.1 Å². The molecule has 3 rings (SSSR count). The van der Waals surface area contributed by atoms with Crippen LogP contribution in [0, 0.1) is 0 Å². The SMILES string of the molecule is COc1ccc(Cc2nnc(N(C)c3ccccc3)[nH]c2=O)cc1. The molecule has 0 unspecified atom stereocenters. The molecule has 1 aromatic heterocycles. The van der Waals surface area contributed by atoms with Gasteiger partial charge in [0.05, 0.1) is 7.11 Å². The quantitative estimate of drug-likeness (QED) is 0.781. The van der Waals surface area contributed by atoms with Crippen molar-refractivity contribution in [2.45, 2.75) is 6.42 Å². The molecule has 6 heteroatoms. The van der Waals surface area contributed by atoms with Gasteiger partial charge in [-0.05, 0) is 29.8 Å². The van der Waals surface area contributed by atoms with Gasteiger partial charge in [0.1, 0.15) is 11.4 Å². The zero-order valence-corrected chi connectivity index (χ0v) is 13.6. The molecule has 1 N–H and O–H groups in total. The van der Waals surface area contributed by atoms with E-state index in [0.717, 1.165) is 17.0 Å². The molecule has 6 nitrogen and oxygen atoms in total. The van der Waals surface area contributed by atoms with Crippen molar-refractivity contribution in [3.63, 3.8) is 0 Å². The van der Waals surface area contributed by atoms with Gasteiger partial charge in [0.15, 0.2) is 0 Å². The first-order valence-corrected chi connectivity index (χ1v) is 7.55. The fourth-order valence-corrected chi connectivity index (χ4v) is 2.33. The third-order valence-corrected chi connectivity index (χ3v) is 3.74. The lowest BCUT2D eigenvalue weighted by molar-refractivity contribution is 0.414. The van der Waals surface area contributed by atoms with Crippen molar-refractivity contribution in [3.8, 4) is 5.75 Å². The maximum atomic E-state index is 12.3.